The molecular formula is C16H19N3OS. The molecule has 21 heavy (non-hydrogen) atoms. The minimum Gasteiger partial charge on any atom is -0.317 e. The molecule has 1 heterocycles. The van der Waals surface area contributed by atoms with Crippen molar-refractivity contribution in [3.8, 4) is 0 Å². The maximum atomic E-state index is 11.9. The van der Waals surface area contributed by atoms with Gasteiger partial charge in [0.15, 0.2) is 5.13 Å². The summed E-state index contributed by atoms with van der Waals surface area (Å²) < 4.78 is 0. The lowest BCUT2D eigenvalue weighted by molar-refractivity contribution is -0.118. The Kier molecular flexibility index (Phi) is 3.55. The number of benzene rings is 1. The van der Waals surface area contributed by atoms with E-state index in [1.165, 1.54) is 27.3 Å². The molecule has 2 aromatic rings. The number of rotatable bonds is 4. The Morgan fingerprint density at radius 2 is 2.00 bits per heavy atom. The maximum absolute atomic E-state index is 11.9. The van der Waals surface area contributed by atoms with Crippen LogP contribution in [0.3, 0.4) is 0 Å². The summed E-state index contributed by atoms with van der Waals surface area (Å²) in [5, 5.41) is 3.49. The van der Waals surface area contributed by atoms with Gasteiger partial charge in [-0.25, -0.2) is 4.98 Å². The molecule has 0 atom stereocenters. The largest absolute Gasteiger partial charge is 0.317 e. The minimum absolute atomic E-state index is 0.113. The predicted octanol–water partition coefficient (Wildman–Crippen LogP) is 2.78. The summed E-state index contributed by atoms with van der Waals surface area (Å²) in [7, 11) is 0. The van der Waals surface area contributed by atoms with Crippen LogP contribution in [-0.4, -0.2) is 16.4 Å². The lowest BCUT2D eigenvalue weighted by Crippen LogP contribution is -2.37. The van der Waals surface area contributed by atoms with Crippen molar-refractivity contribution >= 4 is 22.4 Å². The van der Waals surface area contributed by atoms with Gasteiger partial charge in [0.2, 0.25) is 5.91 Å². The Bertz CT molecular complexity index is 671. The van der Waals surface area contributed by atoms with Crippen molar-refractivity contribution in [1.82, 2.24) is 4.98 Å². The molecule has 3 N–H and O–H groups in total. The van der Waals surface area contributed by atoms with Crippen LogP contribution in [0.4, 0.5) is 5.13 Å². The van der Waals surface area contributed by atoms with Crippen LogP contribution in [0, 0.1) is 13.8 Å². The average molecular weight is 301 g/mol. The lowest BCUT2D eigenvalue weighted by Gasteiger charge is -2.06. The first-order valence-corrected chi connectivity index (χ1v) is 7.90. The second-order valence-electron chi connectivity index (χ2n) is 5.80. The zero-order valence-electron chi connectivity index (χ0n) is 12.3. The fourth-order valence-corrected chi connectivity index (χ4v) is 3.11. The zero-order chi connectivity index (χ0) is 15.0. The highest BCUT2D eigenvalue weighted by Crippen LogP contribution is 2.34. The first-order valence-electron chi connectivity index (χ1n) is 7.08. The first-order chi connectivity index (χ1) is 9.96. The molecule has 3 rings (SSSR count). The molecule has 1 aromatic carbocycles. The molecule has 4 nitrogen and oxygen atoms in total. The highest BCUT2D eigenvalue weighted by molar-refractivity contribution is 7.15. The second-order valence-corrected chi connectivity index (χ2v) is 6.88. The molecule has 5 heteroatoms. The first kappa shape index (κ1) is 14.2. The number of hydrogen-bond donors (Lipinski definition) is 2. The fourth-order valence-electron chi connectivity index (χ4n) is 2.12. The minimum atomic E-state index is -0.656. The lowest BCUT2D eigenvalue weighted by atomic mass is 10.1. The number of aromatic nitrogens is 1. The van der Waals surface area contributed by atoms with Crippen molar-refractivity contribution in [3.63, 3.8) is 0 Å². The molecule has 0 bridgehead atoms. The number of thiazole rings is 1. The highest BCUT2D eigenvalue weighted by Gasteiger charge is 2.46. The number of anilines is 1. The van der Waals surface area contributed by atoms with Crippen LogP contribution in [0.5, 0.6) is 0 Å². The summed E-state index contributed by atoms with van der Waals surface area (Å²) in [6, 6.07) is 8.48. The Balaban J connectivity index is 1.72. The van der Waals surface area contributed by atoms with Crippen LogP contribution in [0.25, 0.3) is 0 Å². The van der Waals surface area contributed by atoms with Gasteiger partial charge >= 0.3 is 0 Å². The quantitative estimate of drug-likeness (QED) is 0.912. The van der Waals surface area contributed by atoms with Crippen molar-refractivity contribution in [2.75, 3.05) is 5.32 Å². The predicted molar refractivity (Wildman–Crippen MR) is 85.6 cm³/mol. The molecule has 0 aliphatic heterocycles. The third-order valence-electron chi connectivity index (χ3n) is 3.84. The van der Waals surface area contributed by atoms with Crippen LogP contribution < -0.4 is 11.1 Å². The third-order valence-corrected chi connectivity index (χ3v) is 4.91. The van der Waals surface area contributed by atoms with E-state index in [2.05, 4.69) is 41.5 Å². The van der Waals surface area contributed by atoms with Gasteiger partial charge in [0.05, 0.1) is 11.2 Å². The molecule has 1 amide bonds. The second kappa shape index (κ2) is 5.24. The number of hydrogen-bond acceptors (Lipinski definition) is 4. The van der Waals surface area contributed by atoms with E-state index in [-0.39, 0.29) is 5.91 Å². The van der Waals surface area contributed by atoms with Crippen LogP contribution in [0.2, 0.25) is 0 Å². The van der Waals surface area contributed by atoms with Gasteiger partial charge < -0.3 is 11.1 Å². The van der Waals surface area contributed by atoms with Gasteiger partial charge in [0, 0.05) is 11.3 Å². The molecule has 1 saturated carbocycles. The van der Waals surface area contributed by atoms with E-state index in [1.54, 1.807) is 0 Å². The summed E-state index contributed by atoms with van der Waals surface area (Å²) in [4.78, 5) is 17.6. The normalized spacial score (nSPS) is 15.8. The van der Waals surface area contributed by atoms with Gasteiger partial charge in [0.25, 0.3) is 0 Å². The van der Waals surface area contributed by atoms with Crippen molar-refractivity contribution in [2.45, 2.75) is 38.6 Å². The molecule has 110 valence electrons. The Morgan fingerprint density at radius 1 is 1.33 bits per heavy atom. The number of carbonyl (C=O) groups excluding carboxylic acids is 1. The summed E-state index contributed by atoms with van der Waals surface area (Å²) in [6.07, 6.45) is 2.37. The molecule has 1 aliphatic carbocycles. The van der Waals surface area contributed by atoms with Gasteiger partial charge in [-0.3, -0.25) is 4.79 Å². The van der Waals surface area contributed by atoms with Gasteiger partial charge in [-0.1, -0.05) is 29.8 Å². The van der Waals surface area contributed by atoms with Crippen molar-refractivity contribution in [3.05, 3.63) is 46.0 Å². The van der Waals surface area contributed by atoms with E-state index in [9.17, 15) is 4.79 Å². The summed E-state index contributed by atoms with van der Waals surface area (Å²) in [5.41, 5.74) is 8.71. The maximum Gasteiger partial charge on any atom is 0.246 e. The number of nitrogens with zero attached hydrogens (tertiary/aromatic N) is 1. The van der Waals surface area contributed by atoms with E-state index < -0.39 is 5.54 Å². The SMILES string of the molecule is Cc1ccc(Cc2sc(NC(=O)C3(N)CC3)nc2C)cc1. The molecule has 1 aromatic heterocycles. The van der Waals surface area contributed by atoms with Crippen LogP contribution >= 0.6 is 11.3 Å². The third kappa shape index (κ3) is 3.14. The molecule has 0 saturated heterocycles. The number of nitrogens with two attached hydrogens (primary N) is 1. The Morgan fingerprint density at radius 3 is 2.62 bits per heavy atom. The van der Waals surface area contributed by atoms with Crippen LogP contribution in [0.1, 0.15) is 34.5 Å². The molecular weight excluding hydrogens is 282 g/mol. The van der Waals surface area contributed by atoms with E-state index in [1.807, 2.05) is 6.92 Å². The van der Waals surface area contributed by atoms with Crippen LogP contribution in [-0.2, 0) is 11.2 Å². The van der Waals surface area contributed by atoms with Gasteiger partial charge in [-0.2, -0.15) is 0 Å². The monoisotopic (exact) mass is 301 g/mol. The number of carbonyl (C=O) groups is 1. The average Bonchev–Trinajstić information content (AvgIpc) is 3.10. The van der Waals surface area contributed by atoms with Crippen LogP contribution in [0.15, 0.2) is 24.3 Å². The van der Waals surface area contributed by atoms with E-state index in [0.29, 0.717) is 5.13 Å². The standard InChI is InChI=1S/C16H19N3OS/c1-10-3-5-12(6-4-10)9-13-11(2)18-15(21-13)19-14(20)16(17)7-8-16/h3-6H,7-9,17H2,1-2H3,(H,18,19,20). The van der Waals surface area contributed by atoms with Gasteiger partial charge in [-0.15, -0.1) is 11.3 Å². The molecule has 0 spiro atoms. The smallest absolute Gasteiger partial charge is 0.246 e. The van der Waals surface area contributed by atoms with Gasteiger partial charge in [-0.05, 0) is 32.3 Å². The highest BCUT2D eigenvalue weighted by atomic mass is 32.1. The zero-order valence-corrected chi connectivity index (χ0v) is 13.1. The Hall–Kier alpha value is -1.72. The van der Waals surface area contributed by atoms with E-state index >= 15 is 0 Å². The van der Waals surface area contributed by atoms with E-state index in [4.69, 9.17) is 5.73 Å². The van der Waals surface area contributed by atoms with Gasteiger partial charge in [0.1, 0.15) is 0 Å². The molecule has 1 aliphatic rings. The fraction of sp³-hybridized carbons (Fsp3) is 0.375. The number of aryl methyl sites for hydroxylation is 2. The molecule has 0 radical (unpaired) electrons. The summed E-state index contributed by atoms with van der Waals surface area (Å²) in [5.74, 6) is -0.113. The topological polar surface area (TPSA) is 68.0 Å². The van der Waals surface area contributed by atoms with Crippen molar-refractivity contribution < 1.29 is 4.79 Å². The van der Waals surface area contributed by atoms with Crippen molar-refractivity contribution in [1.29, 1.82) is 0 Å². The molecule has 1 fully saturated rings. The summed E-state index contributed by atoms with van der Waals surface area (Å²) >= 11 is 1.53. The summed E-state index contributed by atoms with van der Waals surface area (Å²) in [6.45, 7) is 4.06. The number of nitrogens with one attached hydrogen (secondary N) is 1. The Labute approximate surface area is 128 Å². The molecule has 0 unspecified atom stereocenters. The van der Waals surface area contributed by atoms with E-state index in [0.717, 1.165) is 25.0 Å². The van der Waals surface area contributed by atoms with Crippen molar-refractivity contribution in [2.24, 2.45) is 5.73 Å². The number of amides is 1.